The van der Waals surface area contributed by atoms with Crippen molar-refractivity contribution in [2.75, 3.05) is 0 Å². The van der Waals surface area contributed by atoms with Gasteiger partial charge in [0.15, 0.2) is 23.8 Å². The molecule has 6 saturated heterocycles. The normalized spacial score (nSPS) is 35.0. The SMILES string of the molecule is Fc1ccc([C@]23CC[C@H]4CCCC[C@@]4(OO2)[C@H](OCc2ccccc2)O3)cc1.c1ccc(CO[C@@H]2O[C@@]3(c4ccccc4)CC[C@H]4CCCC[C@]42OO3)cc1. The molecule has 4 aromatic carbocycles. The molecule has 12 rings (SSSR count). The van der Waals surface area contributed by atoms with Crippen LogP contribution >= 0.6 is 0 Å². The van der Waals surface area contributed by atoms with Crippen LogP contribution in [0.1, 0.15) is 99.3 Å². The van der Waals surface area contributed by atoms with E-state index in [9.17, 15) is 4.39 Å². The van der Waals surface area contributed by atoms with Crippen molar-refractivity contribution in [2.45, 2.75) is 126 Å². The van der Waals surface area contributed by atoms with E-state index in [1.54, 1.807) is 12.1 Å². The summed E-state index contributed by atoms with van der Waals surface area (Å²) in [7, 11) is 0. The van der Waals surface area contributed by atoms with E-state index in [1.807, 2.05) is 78.9 Å². The first-order valence-corrected chi connectivity index (χ1v) is 20.2. The van der Waals surface area contributed by atoms with E-state index < -0.39 is 35.4 Å². The molecular formula is C46H51FO8. The van der Waals surface area contributed by atoms with Gasteiger partial charge in [-0.1, -0.05) is 129 Å². The quantitative estimate of drug-likeness (QED) is 0.165. The summed E-state index contributed by atoms with van der Waals surface area (Å²) in [4.78, 5) is 24.3. The highest BCUT2D eigenvalue weighted by Gasteiger charge is 2.63. The predicted molar refractivity (Wildman–Crippen MR) is 201 cm³/mol. The molecule has 4 aromatic rings. The van der Waals surface area contributed by atoms with Gasteiger partial charge in [-0.25, -0.2) is 14.2 Å². The van der Waals surface area contributed by atoms with Gasteiger partial charge in [0.2, 0.25) is 11.6 Å². The molecule has 8 aliphatic rings. The molecule has 0 aromatic heterocycles. The van der Waals surface area contributed by atoms with E-state index in [4.69, 9.17) is 38.5 Å². The molecule has 8 nitrogen and oxygen atoms in total. The minimum Gasteiger partial charge on any atom is -0.345 e. The van der Waals surface area contributed by atoms with Gasteiger partial charge < -0.3 is 18.9 Å². The van der Waals surface area contributed by atoms with Crippen LogP contribution in [0, 0.1) is 17.7 Å². The monoisotopic (exact) mass is 750 g/mol. The molecule has 290 valence electrons. The summed E-state index contributed by atoms with van der Waals surface area (Å²) in [6, 6.07) is 36.7. The topological polar surface area (TPSA) is 73.8 Å². The number of rotatable bonds is 8. The van der Waals surface area contributed by atoms with Crippen LogP contribution in [0.2, 0.25) is 0 Å². The molecule has 2 saturated carbocycles. The molecule has 0 amide bonds. The number of ether oxygens (including phenoxy) is 4. The Kier molecular flexibility index (Phi) is 10.6. The van der Waals surface area contributed by atoms with Crippen molar-refractivity contribution in [3.05, 3.63) is 143 Å². The first-order valence-electron chi connectivity index (χ1n) is 20.2. The standard InChI is InChI=1S/C23H25FO4.C23H26O4/c24-20-11-9-19(10-12-20)23-15-13-18-8-4-5-14-22(18,27-28-23)21(26-23)25-16-17-6-2-1-3-7-17;1-3-9-18(10-4-1)17-24-21-22-15-8-7-11-19(22)14-16-23(25-21,27-26-22)20-12-5-2-6-13-20/h1-3,6-7,9-12,18,21H,4-5,8,13-16H2;1-6,9-10,12-13,19,21H,7-8,11,14-17H2/t18-,21-,22+,23+;19-,21-,22+,23+/m11/s1. The summed E-state index contributed by atoms with van der Waals surface area (Å²) in [5, 5.41) is 0. The molecule has 8 fully saturated rings. The Balaban J connectivity index is 0.000000144. The molecule has 2 aliphatic carbocycles. The molecule has 9 heteroatoms. The van der Waals surface area contributed by atoms with Gasteiger partial charge in [0.05, 0.1) is 13.2 Å². The fraction of sp³-hybridized carbons (Fsp3) is 0.478. The van der Waals surface area contributed by atoms with Crippen LogP contribution < -0.4 is 0 Å². The molecule has 8 atom stereocenters. The molecule has 6 heterocycles. The van der Waals surface area contributed by atoms with Gasteiger partial charge in [-0.3, -0.25) is 0 Å². The van der Waals surface area contributed by atoms with Crippen LogP contribution in [0.3, 0.4) is 0 Å². The number of fused-ring (bicyclic) bond motifs is 6. The maximum atomic E-state index is 13.5. The van der Waals surface area contributed by atoms with Crippen molar-refractivity contribution in [1.82, 2.24) is 0 Å². The van der Waals surface area contributed by atoms with Crippen LogP contribution in [0.5, 0.6) is 0 Å². The Bertz CT molecular complexity index is 1840. The molecule has 0 radical (unpaired) electrons. The number of benzene rings is 4. The zero-order valence-corrected chi connectivity index (χ0v) is 31.3. The molecule has 55 heavy (non-hydrogen) atoms. The summed E-state index contributed by atoms with van der Waals surface area (Å²) in [5.74, 6) is -1.50. The molecule has 0 N–H and O–H groups in total. The number of hydrogen-bond acceptors (Lipinski definition) is 8. The fourth-order valence-electron chi connectivity index (χ4n) is 9.74. The summed E-state index contributed by atoms with van der Waals surface area (Å²) < 4.78 is 39.2. The summed E-state index contributed by atoms with van der Waals surface area (Å²) in [6.45, 7) is 0.955. The molecule has 0 unspecified atom stereocenters. The van der Waals surface area contributed by atoms with E-state index in [1.165, 1.54) is 25.0 Å². The summed E-state index contributed by atoms with van der Waals surface area (Å²) >= 11 is 0. The van der Waals surface area contributed by atoms with Crippen molar-refractivity contribution < 1.29 is 42.9 Å². The Morgan fingerprint density at radius 3 is 1.38 bits per heavy atom. The summed E-state index contributed by atoms with van der Waals surface area (Å²) in [6.07, 6.45) is 11.1. The van der Waals surface area contributed by atoms with Crippen LogP contribution in [0.15, 0.2) is 115 Å². The Hall–Kier alpha value is -3.51. The smallest absolute Gasteiger partial charge is 0.230 e. The van der Waals surface area contributed by atoms with Gasteiger partial charge in [0.1, 0.15) is 5.82 Å². The predicted octanol–water partition coefficient (Wildman–Crippen LogP) is 10.3. The number of hydrogen-bond donors (Lipinski definition) is 0. The van der Waals surface area contributed by atoms with Crippen molar-refractivity contribution in [3.63, 3.8) is 0 Å². The average molecular weight is 751 g/mol. The molecule has 6 aliphatic heterocycles. The largest absolute Gasteiger partial charge is 0.345 e. The van der Waals surface area contributed by atoms with E-state index in [-0.39, 0.29) is 5.82 Å². The van der Waals surface area contributed by atoms with Crippen LogP contribution in [-0.2, 0) is 63.3 Å². The highest BCUT2D eigenvalue weighted by Crippen LogP contribution is 2.57. The second-order valence-electron chi connectivity index (χ2n) is 16.1. The molecular weight excluding hydrogens is 699 g/mol. The maximum absolute atomic E-state index is 13.5. The van der Waals surface area contributed by atoms with Crippen molar-refractivity contribution in [3.8, 4) is 0 Å². The highest BCUT2D eigenvalue weighted by atomic mass is 19.1. The van der Waals surface area contributed by atoms with Crippen LogP contribution in [0.4, 0.5) is 4.39 Å². The van der Waals surface area contributed by atoms with E-state index in [0.717, 1.165) is 80.0 Å². The third kappa shape index (κ3) is 7.19. The second kappa shape index (κ2) is 15.8. The minimum absolute atomic E-state index is 0.285. The van der Waals surface area contributed by atoms with Gasteiger partial charge >= 0.3 is 0 Å². The molecule has 2 spiro atoms. The lowest BCUT2D eigenvalue weighted by atomic mass is 9.73. The first-order chi connectivity index (χ1) is 27.0. The van der Waals surface area contributed by atoms with E-state index in [2.05, 4.69) is 12.1 Å². The third-order valence-corrected chi connectivity index (χ3v) is 12.8. The van der Waals surface area contributed by atoms with E-state index in [0.29, 0.717) is 31.5 Å². The van der Waals surface area contributed by atoms with Gasteiger partial charge in [0, 0.05) is 24.0 Å². The minimum atomic E-state index is -1.06. The van der Waals surface area contributed by atoms with Gasteiger partial charge in [-0.05, 0) is 73.6 Å². The second-order valence-corrected chi connectivity index (χ2v) is 16.1. The van der Waals surface area contributed by atoms with Gasteiger partial charge in [-0.15, -0.1) is 0 Å². The Morgan fingerprint density at radius 2 is 0.909 bits per heavy atom. The van der Waals surface area contributed by atoms with Crippen LogP contribution in [-0.4, -0.2) is 23.8 Å². The lowest BCUT2D eigenvalue weighted by Gasteiger charge is -2.50. The lowest BCUT2D eigenvalue weighted by molar-refractivity contribution is -0.561. The van der Waals surface area contributed by atoms with Crippen molar-refractivity contribution in [2.24, 2.45) is 11.8 Å². The maximum Gasteiger partial charge on any atom is 0.230 e. The van der Waals surface area contributed by atoms with Crippen molar-refractivity contribution >= 4 is 0 Å². The van der Waals surface area contributed by atoms with Gasteiger partial charge in [-0.2, -0.15) is 9.78 Å². The highest BCUT2D eigenvalue weighted by molar-refractivity contribution is 5.24. The zero-order chi connectivity index (χ0) is 37.2. The fourth-order valence-corrected chi connectivity index (χ4v) is 9.74. The summed E-state index contributed by atoms with van der Waals surface area (Å²) in [5.41, 5.74) is 2.91. The zero-order valence-electron chi connectivity index (χ0n) is 31.3. The molecule has 4 bridgehead atoms. The first kappa shape index (κ1) is 37.1. The van der Waals surface area contributed by atoms with Crippen LogP contribution in [0.25, 0.3) is 0 Å². The Morgan fingerprint density at radius 1 is 0.473 bits per heavy atom. The Labute approximate surface area is 323 Å². The average Bonchev–Trinajstić information content (AvgIpc) is 3.66. The third-order valence-electron chi connectivity index (χ3n) is 12.8. The van der Waals surface area contributed by atoms with E-state index >= 15 is 0 Å². The lowest BCUT2D eigenvalue weighted by Crippen LogP contribution is -2.59. The number of halogens is 1. The van der Waals surface area contributed by atoms with Gasteiger partial charge in [0.25, 0.3) is 0 Å². The van der Waals surface area contributed by atoms with Crippen molar-refractivity contribution in [1.29, 1.82) is 0 Å².